The molecular formula is C11H13NS3. The SMILES string of the molecule is SCCCCSc1nc2ccccc2s1. The molecule has 0 N–H and O–H groups in total. The molecule has 0 unspecified atom stereocenters. The van der Waals surface area contributed by atoms with E-state index in [9.17, 15) is 0 Å². The van der Waals surface area contributed by atoms with E-state index in [-0.39, 0.29) is 0 Å². The van der Waals surface area contributed by atoms with Crippen LogP contribution in [0.25, 0.3) is 10.2 Å². The highest BCUT2D eigenvalue weighted by molar-refractivity contribution is 8.01. The topological polar surface area (TPSA) is 12.9 Å². The van der Waals surface area contributed by atoms with Crippen molar-refractivity contribution in [3.8, 4) is 0 Å². The molecule has 80 valence electrons. The lowest BCUT2D eigenvalue weighted by Gasteiger charge is -1.94. The van der Waals surface area contributed by atoms with Gasteiger partial charge < -0.3 is 0 Å². The van der Waals surface area contributed by atoms with Gasteiger partial charge in [0.1, 0.15) is 0 Å². The third-order valence-electron chi connectivity index (χ3n) is 2.05. The van der Waals surface area contributed by atoms with Crippen molar-refractivity contribution in [3.63, 3.8) is 0 Å². The summed E-state index contributed by atoms with van der Waals surface area (Å²) in [5.41, 5.74) is 1.12. The molecule has 0 bridgehead atoms. The van der Waals surface area contributed by atoms with Crippen molar-refractivity contribution < 1.29 is 0 Å². The monoisotopic (exact) mass is 255 g/mol. The van der Waals surface area contributed by atoms with E-state index in [0.717, 1.165) is 17.0 Å². The number of nitrogens with zero attached hydrogens (tertiary/aromatic N) is 1. The highest BCUT2D eigenvalue weighted by atomic mass is 32.2. The Bertz CT molecular complexity index is 391. The Kier molecular flexibility index (Phi) is 4.35. The lowest BCUT2D eigenvalue weighted by atomic mass is 10.3. The van der Waals surface area contributed by atoms with Crippen molar-refractivity contribution in [2.24, 2.45) is 0 Å². The number of thiazole rings is 1. The molecule has 0 aliphatic rings. The summed E-state index contributed by atoms with van der Waals surface area (Å²) in [5, 5.41) is 0. The molecule has 1 aromatic heterocycles. The van der Waals surface area contributed by atoms with Crippen LogP contribution in [0.15, 0.2) is 28.6 Å². The summed E-state index contributed by atoms with van der Waals surface area (Å²) in [5.74, 6) is 2.14. The van der Waals surface area contributed by atoms with Crippen molar-refractivity contribution in [1.82, 2.24) is 4.98 Å². The van der Waals surface area contributed by atoms with E-state index in [1.165, 1.54) is 21.9 Å². The number of benzene rings is 1. The van der Waals surface area contributed by atoms with Crippen LogP contribution in [0.1, 0.15) is 12.8 Å². The summed E-state index contributed by atoms with van der Waals surface area (Å²) in [6.45, 7) is 0. The van der Waals surface area contributed by atoms with E-state index in [0.29, 0.717) is 0 Å². The van der Waals surface area contributed by atoms with Crippen molar-refractivity contribution in [3.05, 3.63) is 24.3 Å². The highest BCUT2D eigenvalue weighted by Gasteiger charge is 2.02. The van der Waals surface area contributed by atoms with E-state index in [1.807, 2.05) is 17.8 Å². The van der Waals surface area contributed by atoms with Crippen LogP contribution in [0.3, 0.4) is 0 Å². The third kappa shape index (κ3) is 3.13. The first-order valence-electron chi connectivity index (χ1n) is 4.99. The van der Waals surface area contributed by atoms with Gasteiger partial charge >= 0.3 is 0 Å². The molecule has 0 radical (unpaired) electrons. The number of thioether (sulfide) groups is 1. The van der Waals surface area contributed by atoms with Gasteiger partial charge in [-0.05, 0) is 30.7 Å². The molecule has 0 atom stereocenters. The molecule has 0 spiro atoms. The molecule has 1 heterocycles. The average molecular weight is 255 g/mol. The van der Waals surface area contributed by atoms with E-state index in [2.05, 4.69) is 35.8 Å². The molecule has 0 aliphatic carbocycles. The molecule has 0 amide bonds. The summed E-state index contributed by atoms with van der Waals surface area (Å²) in [7, 11) is 0. The summed E-state index contributed by atoms with van der Waals surface area (Å²) < 4.78 is 2.48. The fourth-order valence-corrected chi connectivity index (χ4v) is 3.65. The lowest BCUT2D eigenvalue weighted by Crippen LogP contribution is -1.80. The molecule has 1 aromatic carbocycles. The van der Waals surface area contributed by atoms with Gasteiger partial charge in [-0.3, -0.25) is 0 Å². The Morgan fingerprint density at radius 3 is 2.93 bits per heavy atom. The number of para-hydroxylation sites is 1. The van der Waals surface area contributed by atoms with Crippen LogP contribution in [0.4, 0.5) is 0 Å². The van der Waals surface area contributed by atoms with E-state index in [4.69, 9.17) is 0 Å². The quantitative estimate of drug-likeness (QED) is 0.491. The first kappa shape index (κ1) is 11.3. The maximum atomic E-state index is 4.57. The number of rotatable bonds is 5. The normalized spacial score (nSPS) is 11.0. The van der Waals surface area contributed by atoms with Gasteiger partial charge in [0.15, 0.2) is 4.34 Å². The third-order valence-corrected chi connectivity index (χ3v) is 4.63. The van der Waals surface area contributed by atoms with Gasteiger partial charge in [0.2, 0.25) is 0 Å². The summed E-state index contributed by atoms with van der Waals surface area (Å²) in [4.78, 5) is 4.57. The molecule has 15 heavy (non-hydrogen) atoms. The Balaban J connectivity index is 1.97. The molecule has 1 nitrogen and oxygen atoms in total. The van der Waals surface area contributed by atoms with E-state index in [1.54, 1.807) is 11.3 Å². The van der Waals surface area contributed by atoms with E-state index < -0.39 is 0 Å². The average Bonchev–Trinajstić information content (AvgIpc) is 2.67. The maximum absolute atomic E-state index is 4.57. The first-order valence-corrected chi connectivity index (χ1v) is 7.43. The minimum Gasteiger partial charge on any atom is -0.230 e. The van der Waals surface area contributed by atoms with Crippen molar-refractivity contribution >= 4 is 45.9 Å². The Morgan fingerprint density at radius 2 is 2.13 bits per heavy atom. The zero-order chi connectivity index (χ0) is 10.5. The van der Waals surface area contributed by atoms with Gasteiger partial charge in [-0.2, -0.15) is 12.6 Å². The number of hydrogen-bond donors (Lipinski definition) is 1. The summed E-state index contributed by atoms with van der Waals surface area (Å²) >= 11 is 7.85. The second-order valence-corrected chi connectivity index (χ2v) is 6.05. The molecule has 2 aromatic rings. The standard InChI is InChI=1S/C11H13NS3/c13-7-3-4-8-14-11-12-9-5-1-2-6-10(9)15-11/h1-2,5-6,13H,3-4,7-8H2. The number of hydrogen-bond acceptors (Lipinski definition) is 4. The van der Waals surface area contributed by atoms with Crippen LogP contribution in [0, 0.1) is 0 Å². The van der Waals surface area contributed by atoms with Crippen LogP contribution in [-0.4, -0.2) is 16.5 Å². The molecular weight excluding hydrogens is 242 g/mol. The Labute approximate surface area is 104 Å². The fourth-order valence-electron chi connectivity index (χ4n) is 1.29. The first-order chi connectivity index (χ1) is 7.40. The summed E-state index contributed by atoms with van der Waals surface area (Å²) in [6, 6.07) is 8.31. The largest absolute Gasteiger partial charge is 0.230 e. The minimum atomic E-state index is 0.987. The Hall–Kier alpha value is -0.190. The van der Waals surface area contributed by atoms with Crippen LogP contribution < -0.4 is 0 Å². The zero-order valence-corrected chi connectivity index (χ0v) is 10.9. The second kappa shape index (κ2) is 5.77. The van der Waals surface area contributed by atoms with Crippen molar-refractivity contribution in [2.45, 2.75) is 17.2 Å². The van der Waals surface area contributed by atoms with Crippen LogP contribution in [0.2, 0.25) is 0 Å². The van der Waals surface area contributed by atoms with Crippen molar-refractivity contribution in [2.75, 3.05) is 11.5 Å². The zero-order valence-electron chi connectivity index (χ0n) is 8.35. The molecule has 4 heteroatoms. The van der Waals surface area contributed by atoms with Gasteiger partial charge in [-0.15, -0.1) is 11.3 Å². The van der Waals surface area contributed by atoms with Gasteiger partial charge in [-0.25, -0.2) is 4.98 Å². The molecule has 0 aliphatic heterocycles. The highest BCUT2D eigenvalue weighted by Crippen LogP contribution is 2.29. The molecule has 0 fully saturated rings. The minimum absolute atomic E-state index is 0.987. The predicted molar refractivity (Wildman–Crippen MR) is 73.4 cm³/mol. The van der Waals surface area contributed by atoms with Crippen LogP contribution in [0.5, 0.6) is 0 Å². The van der Waals surface area contributed by atoms with Crippen molar-refractivity contribution in [1.29, 1.82) is 0 Å². The molecule has 2 rings (SSSR count). The lowest BCUT2D eigenvalue weighted by molar-refractivity contribution is 0.909. The van der Waals surface area contributed by atoms with Gasteiger partial charge in [-0.1, -0.05) is 23.9 Å². The second-order valence-electron chi connectivity index (χ2n) is 3.23. The molecule has 0 saturated heterocycles. The predicted octanol–water partition coefficient (Wildman–Crippen LogP) is 4.10. The maximum Gasteiger partial charge on any atom is 0.151 e. The molecule has 0 saturated carbocycles. The van der Waals surface area contributed by atoms with Gasteiger partial charge in [0.25, 0.3) is 0 Å². The van der Waals surface area contributed by atoms with Crippen LogP contribution >= 0.6 is 35.7 Å². The number of aromatic nitrogens is 1. The van der Waals surface area contributed by atoms with Crippen LogP contribution in [-0.2, 0) is 0 Å². The van der Waals surface area contributed by atoms with Gasteiger partial charge in [0.05, 0.1) is 10.2 Å². The van der Waals surface area contributed by atoms with Gasteiger partial charge in [0, 0.05) is 5.75 Å². The van der Waals surface area contributed by atoms with E-state index >= 15 is 0 Å². The summed E-state index contributed by atoms with van der Waals surface area (Å²) in [6.07, 6.45) is 2.42. The smallest absolute Gasteiger partial charge is 0.151 e. The number of thiol groups is 1. The number of unbranched alkanes of at least 4 members (excludes halogenated alkanes) is 1. The Morgan fingerprint density at radius 1 is 1.27 bits per heavy atom. The number of fused-ring (bicyclic) bond motifs is 1. The fraction of sp³-hybridized carbons (Fsp3) is 0.364.